The number of carbonyl (C=O) groups excluding carboxylic acids is 1. The van der Waals surface area contributed by atoms with Crippen molar-refractivity contribution in [1.29, 1.82) is 0 Å². The van der Waals surface area contributed by atoms with Crippen molar-refractivity contribution in [3.05, 3.63) is 113 Å². The third kappa shape index (κ3) is 7.16. The van der Waals surface area contributed by atoms with E-state index in [4.69, 9.17) is 23.2 Å². The zero-order valence-corrected chi connectivity index (χ0v) is 24.3. The Morgan fingerprint density at radius 1 is 0.738 bits per heavy atom. The van der Waals surface area contributed by atoms with Crippen LogP contribution in [0.2, 0.25) is 10.0 Å². The number of amides is 1. The summed E-state index contributed by atoms with van der Waals surface area (Å²) in [4.78, 5) is 12.6. The smallest absolute Gasteiger partial charge is 0.325 e. The van der Waals surface area contributed by atoms with E-state index in [1.54, 1.807) is 18.2 Å². The first-order chi connectivity index (χ1) is 19.7. The molecule has 15 heteroatoms. The molecule has 220 valence electrons. The minimum atomic E-state index is -4.79. The third-order valence-electron chi connectivity index (χ3n) is 5.71. The van der Waals surface area contributed by atoms with Crippen LogP contribution in [0.15, 0.2) is 107 Å². The Labute approximate surface area is 249 Å². The lowest BCUT2D eigenvalue weighted by Gasteiger charge is -2.25. The molecule has 0 heterocycles. The summed E-state index contributed by atoms with van der Waals surface area (Å²) in [6.07, 6.45) is -4.79. The number of hydrogen-bond donors (Lipinski definition) is 2. The average molecular weight is 659 g/mol. The summed E-state index contributed by atoms with van der Waals surface area (Å²) in [6, 6.07) is 20.8. The van der Waals surface area contributed by atoms with Crippen LogP contribution in [0.25, 0.3) is 0 Å². The molecule has 0 spiro atoms. The van der Waals surface area contributed by atoms with Crippen molar-refractivity contribution >= 4 is 66.2 Å². The van der Waals surface area contributed by atoms with Gasteiger partial charge in [-0.3, -0.25) is 13.8 Å². The van der Waals surface area contributed by atoms with E-state index in [9.17, 15) is 34.8 Å². The Morgan fingerprint density at radius 2 is 1.33 bits per heavy atom. The number of nitrogens with one attached hydrogen (secondary N) is 2. The van der Waals surface area contributed by atoms with Crippen molar-refractivity contribution in [3.63, 3.8) is 0 Å². The van der Waals surface area contributed by atoms with Gasteiger partial charge in [-0.05, 0) is 66.7 Å². The normalized spacial score (nSPS) is 12.0. The summed E-state index contributed by atoms with van der Waals surface area (Å²) >= 11 is 11.8. The highest BCUT2D eigenvalue weighted by molar-refractivity contribution is 7.93. The lowest BCUT2D eigenvalue weighted by atomic mass is 10.2. The predicted molar refractivity (Wildman–Crippen MR) is 155 cm³/mol. The molecule has 0 saturated carbocycles. The number of carbonyl (C=O) groups is 1. The SMILES string of the molecule is O=C(CN(c1ccccc1Cl)S(=O)(=O)c1ccccc1)Nc1ccc(S(=O)(=O)Nc2ccc(Cl)c(C(F)(F)F)c2)cc1. The number of alkyl halides is 3. The Kier molecular flexibility index (Phi) is 9.06. The van der Waals surface area contributed by atoms with Gasteiger partial charge in [-0.25, -0.2) is 16.8 Å². The van der Waals surface area contributed by atoms with Gasteiger partial charge in [0, 0.05) is 11.4 Å². The molecule has 8 nitrogen and oxygen atoms in total. The van der Waals surface area contributed by atoms with Crippen LogP contribution in [0, 0.1) is 0 Å². The van der Waals surface area contributed by atoms with Gasteiger partial charge in [0.25, 0.3) is 20.0 Å². The van der Waals surface area contributed by atoms with Gasteiger partial charge < -0.3 is 5.32 Å². The molecular formula is C27H20Cl2F3N3O5S2. The summed E-state index contributed by atoms with van der Waals surface area (Å²) in [5.74, 6) is -0.760. The van der Waals surface area contributed by atoms with Crippen molar-refractivity contribution in [3.8, 4) is 0 Å². The van der Waals surface area contributed by atoms with Gasteiger partial charge in [-0.2, -0.15) is 13.2 Å². The largest absolute Gasteiger partial charge is 0.417 e. The van der Waals surface area contributed by atoms with Crippen molar-refractivity contribution in [1.82, 2.24) is 0 Å². The second-order valence-corrected chi connectivity index (χ2v) is 13.0. The van der Waals surface area contributed by atoms with Gasteiger partial charge in [0.2, 0.25) is 5.91 Å². The molecule has 0 saturated heterocycles. The van der Waals surface area contributed by atoms with Gasteiger partial charge in [-0.1, -0.05) is 53.5 Å². The topological polar surface area (TPSA) is 113 Å². The van der Waals surface area contributed by atoms with E-state index in [0.717, 1.165) is 28.6 Å². The summed E-state index contributed by atoms with van der Waals surface area (Å²) in [6.45, 7) is -0.666. The van der Waals surface area contributed by atoms with Gasteiger partial charge in [-0.15, -0.1) is 0 Å². The molecule has 0 aliphatic carbocycles. The van der Waals surface area contributed by atoms with E-state index in [0.29, 0.717) is 6.07 Å². The fourth-order valence-electron chi connectivity index (χ4n) is 3.74. The average Bonchev–Trinajstić information content (AvgIpc) is 2.93. The first-order valence-electron chi connectivity index (χ1n) is 11.8. The van der Waals surface area contributed by atoms with Crippen LogP contribution >= 0.6 is 23.2 Å². The third-order valence-corrected chi connectivity index (χ3v) is 9.53. The van der Waals surface area contributed by atoms with Gasteiger partial charge in [0.1, 0.15) is 6.54 Å². The predicted octanol–water partition coefficient (Wildman–Crippen LogP) is 6.65. The Balaban J connectivity index is 1.52. The molecule has 0 unspecified atom stereocenters. The van der Waals surface area contributed by atoms with Crippen LogP contribution in [0.5, 0.6) is 0 Å². The Bertz CT molecular complexity index is 1820. The van der Waals surface area contributed by atoms with Crippen molar-refractivity contribution < 1.29 is 34.8 Å². The molecule has 4 aromatic carbocycles. The molecule has 42 heavy (non-hydrogen) atoms. The maximum atomic E-state index is 13.4. The number of anilines is 3. The number of benzene rings is 4. The molecular weight excluding hydrogens is 638 g/mol. The summed E-state index contributed by atoms with van der Waals surface area (Å²) in [5.41, 5.74) is -1.37. The molecule has 0 atom stereocenters. The van der Waals surface area contributed by atoms with Crippen LogP contribution in [-0.2, 0) is 31.0 Å². The number of hydrogen-bond acceptors (Lipinski definition) is 5. The Morgan fingerprint density at radius 3 is 1.95 bits per heavy atom. The molecule has 0 bridgehead atoms. The van der Waals surface area contributed by atoms with Gasteiger partial charge in [0.05, 0.1) is 31.1 Å². The molecule has 1 amide bonds. The quantitative estimate of drug-likeness (QED) is 0.209. The molecule has 0 radical (unpaired) electrons. The van der Waals surface area contributed by atoms with E-state index in [1.165, 1.54) is 48.5 Å². The summed E-state index contributed by atoms with van der Waals surface area (Å²) in [7, 11) is -8.53. The lowest BCUT2D eigenvalue weighted by Crippen LogP contribution is -2.38. The molecule has 0 fully saturated rings. The maximum absolute atomic E-state index is 13.4. The van der Waals surface area contributed by atoms with Crippen LogP contribution < -0.4 is 14.3 Å². The first-order valence-corrected chi connectivity index (χ1v) is 15.5. The highest BCUT2D eigenvalue weighted by Gasteiger charge is 2.34. The van der Waals surface area contributed by atoms with Crippen molar-refractivity contribution in [2.24, 2.45) is 0 Å². The first kappa shape index (κ1) is 31.2. The minimum Gasteiger partial charge on any atom is -0.325 e. The van der Waals surface area contributed by atoms with Crippen LogP contribution in [-0.4, -0.2) is 29.3 Å². The van der Waals surface area contributed by atoms with Gasteiger partial charge >= 0.3 is 6.18 Å². The van der Waals surface area contributed by atoms with Crippen molar-refractivity contribution in [2.45, 2.75) is 16.0 Å². The van der Waals surface area contributed by atoms with Crippen LogP contribution in [0.4, 0.5) is 30.2 Å². The second kappa shape index (κ2) is 12.2. The summed E-state index contributed by atoms with van der Waals surface area (Å²) in [5, 5.41) is 2.01. The fourth-order valence-corrected chi connectivity index (χ4v) is 6.76. The van der Waals surface area contributed by atoms with E-state index < -0.39 is 49.3 Å². The van der Waals surface area contributed by atoms with Crippen molar-refractivity contribution in [2.75, 3.05) is 20.9 Å². The fraction of sp³-hybridized carbons (Fsp3) is 0.0741. The highest BCUT2D eigenvalue weighted by atomic mass is 35.5. The molecule has 2 N–H and O–H groups in total. The second-order valence-electron chi connectivity index (χ2n) is 8.65. The maximum Gasteiger partial charge on any atom is 0.417 e. The molecule has 0 aliphatic rings. The van der Waals surface area contributed by atoms with Crippen LogP contribution in [0.1, 0.15) is 5.56 Å². The molecule has 4 rings (SSSR count). The van der Waals surface area contributed by atoms with E-state index >= 15 is 0 Å². The van der Waals surface area contributed by atoms with E-state index in [-0.39, 0.29) is 31.9 Å². The highest BCUT2D eigenvalue weighted by Crippen LogP contribution is 2.36. The van der Waals surface area contributed by atoms with Gasteiger partial charge in [0.15, 0.2) is 0 Å². The number of nitrogens with zero attached hydrogens (tertiary/aromatic N) is 1. The number of para-hydroxylation sites is 1. The van der Waals surface area contributed by atoms with E-state index in [1.807, 2.05) is 0 Å². The molecule has 0 aromatic heterocycles. The monoisotopic (exact) mass is 657 g/mol. The zero-order chi connectivity index (χ0) is 30.7. The number of halogens is 5. The van der Waals surface area contributed by atoms with E-state index in [2.05, 4.69) is 10.0 Å². The standard InChI is InChI=1S/C27H20Cl2F3N3O5S2/c28-23-15-12-19(16-22(23)27(30,31)32)34-41(37,38)20-13-10-18(11-14-20)33-26(36)17-35(25-9-5-4-8-24(25)29)42(39,40)21-6-2-1-3-7-21/h1-16,34H,17H2,(H,33,36). The molecule has 4 aromatic rings. The number of sulfonamides is 2. The zero-order valence-electron chi connectivity index (χ0n) is 21.1. The number of rotatable bonds is 9. The van der Waals surface area contributed by atoms with Crippen LogP contribution in [0.3, 0.4) is 0 Å². The molecule has 0 aliphatic heterocycles. The Hall–Kier alpha value is -3.78. The lowest BCUT2D eigenvalue weighted by molar-refractivity contribution is -0.137. The summed E-state index contributed by atoms with van der Waals surface area (Å²) < 4.78 is 94.7. The minimum absolute atomic E-state index is 0.0668.